The number of hydrogen-bond acceptors (Lipinski definition) is 3. The first-order valence-electron chi connectivity index (χ1n) is 6.80. The summed E-state index contributed by atoms with van der Waals surface area (Å²) >= 11 is 0. The van der Waals surface area contributed by atoms with Crippen molar-refractivity contribution in [1.82, 2.24) is 19.9 Å². The van der Waals surface area contributed by atoms with E-state index in [1.54, 1.807) is 6.20 Å². The minimum Gasteiger partial charge on any atom is -0.327 e. The van der Waals surface area contributed by atoms with Gasteiger partial charge in [-0.15, -0.1) is 0 Å². The fraction of sp³-hybridized carbons (Fsp3) is 0.250. The normalized spacial score (nSPS) is 11.1. The maximum atomic E-state index is 4.75. The number of benzene rings is 1. The van der Waals surface area contributed by atoms with Crippen LogP contribution in [0.1, 0.15) is 5.56 Å². The minimum atomic E-state index is 0.957. The highest BCUT2D eigenvalue weighted by Crippen LogP contribution is 2.23. The third-order valence-electron chi connectivity index (χ3n) is 3.53. The maximum Gasteiger partial charge on any atom is 0.142 e. The number of imidazole rings is 1. The van der Waals surface area contributed by atoms with E-state index in [0.29, 0.717) is 0 Å². The molecule has 0 saturated heterocycles. The molecule has 4 nitrogen and oxygen atoms in total. The van der Waals surface area contributed by atoms with E-state index < -0.39 is 0 Å². The Labute approximate surface area is 118 Å². The van der Waals surface area contributed by atoms with E-state index in [1.165, 1.54) is 5.56 Å². The minimum absolute atomic E-state index is 0.957. The van der Waals surface area contributed by atoms with Crippen LogP contribution in [0.15, 0.2) is 42.7 Å². The standard InChI is InChI=1S/C16H18N4/c1-17-9-7-12-5-6-15-14(10-12)19-16(20(15)2)13-4-3-8-18-11-13/h3-6,8,10-11,17H,7,9H2,1-2H3. The third-order valence-corrected chi connectivity index (χ3v) is 3.53. The zero-order valence-corrected chi connectivity index (χ0v) is 11.8. The van der Waals surface area contributed by atoms with Gasteiger partial charge in [-0.2, -0.15) is 0 Å². The Hall–Kier alpha value is -2.20. The van der Waals surface area contributed by atoms with E-state index >= 15 is 0 Å². The molecule has 0 amide bonds. The fourth-order valence-electron chi connectivity index (χ4n) is 2.42. The Bertz CT molecular complexity index is 716. The Morgan fingerprint density at radius 1 is 1.25 bits per heavy atom. The van der Waals surface area contributed by atoms with Crippen LogP contribution < -0.4 is 5.32 Å². The molecule has 102 valence electrons. The van der Waals surface area contributed by atoms with Gasteiger partial charge in [0.05, 0.1) is 11.0 Å². The molecule has 1 N–H and O–H groups in total. The summed E-state index contributed by atoms with van der Waals surface area (Å²) in [4.78, 5) is 8.92. The molecule has 2 aromatic heterocycles. The molecule has 2 heterocycles. The molecular formula is C16H18N4. The first-order valence-corrected chi connectivity index (χ1v) is 6.80. The van der Waals surface area contributed by atoms with Crippen molar-refractivity contribution in [2.75, 3.05) is 13.6 Å². The van der Waals surface area contributed by atoms with Crippen LogP contribution in [0.25, 0.3) is 22.4 Å². The van der Waals surface area contributed by atoms with Crippen LogP contribution >= 0.6 is 0 Å². The summed E-state index contributed by atoms with van der Waals surface area (Å²) in [6.45, 7) is 0.980. The molecule has 0 saturated carbocycles. The highest BCUT2D eigenvalue weighted by Gasteiger charge is 2.10. The van der Waals surface area contributed by atoms with Crippen molar-refractivity contribution >= 4 is 11.0 Å². The van der Waals surface area contributed by atoms with Crippen LogP contribution in [0.5, 0.6) is 0 Å². The third kappa shape index (κ3) is 2.30. The average molecular weight is 266 g/mol. The van der Waals surface area contributed by atoms with Gasteiger partial charge < -0.3 is 9.88 Å². The number of pyridine rings is 1. The van der Waals surface area contributed by atoms with Gasteiger partial charge in [-0.05, 0) is 49.8 Å². The smallest absolute Gasteiger partial charge is 0.142 e. The molecule has 0 bridgehead atoms. The second-order valence-electron chi connectivity index (χ2n) is 4.91. The lowest BCUT2D eigenvalue weighted by atomic mass is 10.1. The van der Waals surface area contributed by atoms with Gasteiger partial charge in [-0.3, -0.25) is 4.98 Å². The molecule has 0 spiro atoms. The van der Waals surface area contributed by atoms with Crippen LogP contribution in [0.4, 0.5) is 0 Å². The van der Waals surface area contributed by atoms with Gasteiger partial charge in [0.15, 0.2) is 0 Å². The van der Waals surface area contributed by atoms with Crippen molar-refractivity contribution in [3.05, 3.63) is 48.3 Å². The van der Waals surface area contributed by atoms with Crippen LogP contribution in [0.2, 0.25) is 0 Å². The number of likely N-dealkylation sites (N-methyl/N-ethyl adjacent to an activating group) is 1. The second-order valence-corrected chi connectivity index (χ2v) is 4.91. The largest absolute Gasteiger partial charge is 0.327 e. The monoisotopic (exact) mass is 266 g/mol. The highest BCUT2D eigenvalue weighted by atomic mass is 15.1. The molecular weight excluding hydrogens is 248 g/mol. The second kappa shape index (κ2) is 5.43. The quantitative estimate of drug-likeness (QED) is 0.788. The number of hydrogen-bond donors (Lipinski definition) is 1. The molecule has 0 radical (unpaired) electrons. The number of aryl methyl sites for hydroxylation is 1. The number of nitrogens with zero attached hydrogens (tertiary/aromatic N) is 3. The van der Waals surface area contributed by atoms with Crippen molar-refractivity contribution in [3.8, 4) is 11.4 Å². The molecule has 1 aromatic carbocycles. The van der Waals surface area contributed by atoms with Crippen molar-refractivity contribution in [2.24, 2.45) is 7.05 Å². The molecule has 0 atom stereocenters. The van der Waals surface area contributed by atoms with Gasteiger partial charge in [-0.1, -0.05) is 6.07 Å². The van der Waals surface area contributed by atoms with Crippen LogP contribution in [0.3, 0.4) is 0 Å². The maximum absolute atomic E-state index is 4.75. The highest BCUT2D eigenvalue weighted by molar-refractivity contribution is 5.81. The van der Waals surface area contributed by atoms with Crippen molar-refractivity contribution < 1.29 is 0 Å². The summed E-state index contributed by atoms with van der Waals surface area (Å²) in [5.41, 5.74) is 4.54. The Morgan fingerprint density at radius 2 is 2.15 bits per heavy atom. The summed E-state index contributed by atoms with van der Waals surface area (Å²) in [5, 5.41) is 3.17. The fourth-order valence-corrected chi connectivity index (χ4v) is 2.42. The van der Waals surface area contributed by atoms with E-state index in [0.717, 1.165) is 35.4 Å². The molecule has 0 unspecified atom stereocenters. The summed E-state index contributed by atoms with van der Waals surface area (Å²) < 4.78 is 2.12. The topological polar surface area (TPSA) is 42.7 Å². The number of fused-ring (bicyclic) bond motifs is 1. The first kappa shape index (κ1) is 12.8. The molecule has 0 fully saturated rings. The van der Waals surface area contributed by atoms with Gasteiger partial charge in [0.2, 0.25) is 0 Å². The lowest BCUT2D eigenvalue weighted by Crippen LogP contribution is -2.10. The lowest BCUT2D eigenvalue weighted by molar-refractivity contribution is 0.792. The Kier molecular flexibility index (Phi) is 3.48. The number of rotatable bonds is 4. The van der Waals surface area contributed by atoms with E-state index in [1.807, 2.05) is 32.4 Å². The van der Waals surface area contributed by atoms with E-state index in [-0.39, 0.29) is 0 Å². The van der Waals surface area contributed by atoms with Gasteiger partial charge in [0, 0.05) is 25.0 Å². The Balaban J connectivity index is 2.05. The summed E-state index contributed by atoms with van der Waals surface area (Å²) in [6.07, 6.45) is 4.65. The van der Waals surface area contributed by atoms with E-state index in [2.05, 4.69) is 33.1 Å². The molecule has 3 rings (SSSR count). The molecule has 20 heavy (non-hydrogen) atoms. The zero-order valence-electron chi connectivity index (χ0n) is 11.8. The summed E-state index contributed by atoms with van der Waals surface area (Å²) in [7, 11) is 4.02. The zero-order chi connectivity index (χ0) is 13.9. The van der Waals surface area contributed by atoms with Gasteiger partial charge >= 0.3 is 0 Å². The Morgan fingerprint density at radius 3 is 2.90 bits per heavy atom. The number of nitrogens with one attached hydrogen (secondary N) is 1. The van der Waals surface area contributed by atoms with Crippen molar-refractivity contribution in [2.45, 2.75) is 6.42 Å². The van der Waals surface area contributed by atoms with Crippen LogP contribution in [-0.2, 0) is 13.5 Å². The number of aromatic nitrogens is 3. The van der Waals surface area contributed by atoms with Crippen LogP contribution in [0, 0.1) is 0 Å². The summed E-state index contributed by atoms with van der Waals surface area (Å²) in [6, 6.07) is 10.5. The molecule has 0 aliphatic heterocycles. The first-order chi connectivity index (χ1) is 9.79. The van der Waals surface area contributed by atoms with Crippen LogP contribution in [-0.4, -0.2) is 28.1 Å². The SMILES string of the molecule is CNCCc1ccc2c(c1)nc(-c1cccnc1)n2C. The molecule has 0 aliphatic carbocycles. The predicted molar refractivity (Wildman–Crippen MR) is 81.6 cm³/mol. The lowest BCUT2D eigenvalue weighted by Gasteiger charge is -2.02. The van der Waals surface area contributed by atoms with E-state index in [9.17, 15) is 0 Å². The summed E-state index contributed by atoms with van der Waals surface area (Å²) in [5.74, 6) is 0.957. The van der Waals surface area contributed by atoms with Gasteiger partial charge in [-0.25, -0.2) is 4.98 Å². The molecule has 0 aliphatic rings. The average Bonchev–Trinajstić information content (AvgIpc) is 2.83. The molecule has 3 aromatic rings. The molecule has 4 heteroatoms. The van der Waals surface area contributed by atoms with Gasteiger partial charge in [0.25, 0.3) is 0 Å². The predicted octanol–water partition coefficient (Wildman–Crippen LogP) is 2.40. The van der Waals surface area contributed by atoms with Gasteiger partial charge in [0.1, 0.15) is 5.82 Å². The van der Waals surface area contributed by atoms with Crippen molar-refractivity contribution in [3.63, 3.8) is 0 Å². The van der Waals surface area contributed by atoms with Crippen molar-refractivity contribution in [1.29, 1.82) is 0 Å². The van der Waals surface area contributed by atoms with E-state index in [4.69, 9.17) is 4.98 Å².